The fraction of sp³-hybridized carbons (Fsp3) is 0.235. The zero-order valence-electron chi connectivity index (χ0n) is 13.2. The summed E-state index contributed by atoms with van der Waals surface area (Å²) in [5.74, 6) is 1.17. The molecule has 23 heavy (non-hydrogen) atoms. The van der Waals surface area contributed by atoms with E-state index in [2.05, 4.69) is 26.6 Å². The molecule has 122 valence electrons. The molecule has 0 saturated heterocycles. The topological polar surface area (TPSA) is 59.6 Å². The molecule has 0 aliphatic rings. The fourth-order valence-electron chi connectivity index (χ4n) is 2.14. The molecule has 0 spiro atoms. The molecule has 0 aromatic heterocycles. The maximum atomic E-state index is 12.1. The standard InChI is InChI=1S/C17H19BrN2O3/c1-11(12-5-4-6-13(18)9-12)19-17(21)20-14-7-8-15(22-2)16(10-14)23-3/h4-11H,1-3H3,(H2,19,20,21). The van der Waals surface area contributed by atoms with Crippen LogP contribution in [0.2, 0.25) is 0 Å². The van der Waals surface area contributed by atoms with Gasteiger partial charge in [-0.1, -0.05) is 28.1 Å². The number of rotatable bonds is 5. The van der Waals surface area contributed by atoms with E-state index in [1.165, 1.54) is 0 Å². The van der Waals surface area contributed by atoms with Crippen LogP contribution in [0.5, 0.6) is 11.5 Å². The van der Waals surface area contributed by atoms with Crippen LogP contribution < -0.4 is 20.1 Å². The van der Waals surface area contributed by atoms with Gasteiger partial charge in [0.05, 0.1) is 20.3 Å². The van der Waals surface area contributed by atoms with Gasteiger partial charge >= 0.3 is 6.03 Å². The molecule has 0 aliphatic carbocycles. The normalized spacial score (nSPS) is 11.5. The summed E-state index contributed by atoms with van der Waals surface area (Å²) in [7, 11) is 3.12. The van der Waals surface area contributed by atoms with Crippen molar-refractivity contribution in [3.8, 4) is 11.5 Å². The largest absolute Gasteiger partial charge is 0.493 e. The number of benzene rings is 2. The molecule has 2 amide bonds. The van der Waals surface area contributed by atoms with Gasteiger partial charge < -0.3 is 20.1 Å². The van der Waals surface area contributed by atoms with Crippen molar-refractivity contribution < 1.29 is 14.3 Å². The Balaban J connectivity index is 2.02. The minimum Gasteiger partial charge on any atom is -0.493 e. The second kappa shape index (κ2) is 7.87. The molecular formula is C17H19BrN2O3. The van der Waals surface area contributed by atoms with Gasteiger partial charge in [-0.15, -0.1) is 0 Å². The first-order chi connectivity index (χ1) is 11.0. The summed E-state index contributed by atoms with van der Waals surface area (Å²) < 4.78 is 11.4. The molecule has 2 aromatic carbocycles. The molecule has 5 nitrogen and oxygen atoms in total. The molecule has 1 unspecified atom stereocenters. The minimum atomic E-state index is -0.287. The van der Waals surface area contributed by atoms with Gasteiger partial charge in [0.15, 0.2) is 11.5 Å². The van der Waals surface area contributed by atoms with Crippen molar-refractivity contribution in [1.82, 2.24) is 5.32 Å². The third-order valence-corrected chi connectivity index (χ3v) is 3.83. The Kier molecular flexibility index (Phi) is 5.87. The Morgan fingerprint density at radius 3 is 2.48 bits per heavy atom. The molecule has 0 radical (unpaired) electrons. The lowest BCUT2D eigenvalue weighted by atomic mass is 10.1. The first kappa shape index (κ1) is 17.1. The van der Waals surface area contributed by atoms with E-state index in [9.17, 15) is 4.79 Å². The van der Waals surface area contributed by atoms with E-state index in [1.54, 1.807) is 32.4 Å². The molecule has 2 aromatic rings. The van der Waals surface area contributed by atoms with Crippen molar-refractivity contribution in [2.45, 2.75) is 13.0 Å². The zero-order chi connectivity index (χ0) is 16.8. The number of anilines is 1. The van der Waals surface area contributed by atoms with Gasteiger partial charge in [0.2, 0.25) is 0 Å². The number of hydrogen-bond donors (Lipinski definition) is 2. The smallest absolute Gasteiger partial charge is 0.319 e. The molecule has 0 aliphatic heterocycles. The number of ether oxygens (including phenoxy) is 2. The molecule has 0 heterocycles. The van der Waals surface area contributed by atoms with Crippen molar-refractivity contribution in [2.24, 2.45) is 0 Å². The number of urea groups is 1. The molecule has 2 N–H and O–H groups in total. The second-order valence-corrected chi connectivity index (χ2v) is 5.86. The quantitative estimate of drug-likeness (QED) is 0.812. The van der Waals surface area contributed by atoms with E-state index < -0.39 is 0 Å². The van der Waals surface area contributed by atoms with Crippen LogP contribution in [0.4, 0.5) is 10.5 Å². The van der Waals surface area contributed by atoms with Crippen LogP contribution in [0.1, 0.15) is 18.5 Å². The molecule has 0 fully saturated rings. The van der Waals surface area contributed by atoms with Gasteiger partial charge in [-0.05, 0) is 36.8 Å². The lowest BCUT2D eigenvalue weighted by Gasteiger charge is -2.16. The predicted molar refractivity (Wildman–Crippen MR) is 94.3 cm³/mol. The van der Waals surface area contributed by atoms with Gasteiger partial charge in [-0.25, -0.2) is 4.79 Å². The zero-order valence-corrected chi connectivity index (χ0v) is 14.8. The third-order valence-electron chi connectivity index (χ3n) is 3.34. The van der Waals surface area contributed by atoms with E-state index in [4.69, 9.17) is 9.47 Å². The van der Waals surface area contributed by atoms with Crippen LogP contribution in [-0.2, 0) is 0 Å². The van der Waals surface area contributed by atoms with Crippen molar-refractivity contribution >= 4 is 27.6 Å². The van der Waals surface area contributed by atoms with Crippen molar-refractivity contribution in [3.05, 3.63) is 52.5 Å². The van der Waals surface area contributed by atoms with Gasteiger partial charge in [0, 0.05) is 16.2 Å². The van der Waals surface area contributed by atoms with Crippen LogP contribution in [0.15, 0.2) is 46.9 Å². The Morgan fingerprint density at radius 1 is 1.09 bits per heavy atom. The second-order valence-electron chi connectivity index (χ2n) is 4.94. The number of hydrogen-bond acceptors (Lipinski definition) is 3. The molecule has 6 heteroatoms. The van der Waals surface area contributed by atoms with Gasteiger partial charge in [0.1, 0.15) is 0 Å². The lowest BCUT2D eigenvalue weighted by molar-refractivity contribution is 0.249. The first-order valence-corrected chi connectivity index (χ1v) is 7.87. The Hall–Kier alpha value is -2.21. The van der Waals surface area contributed by atoms with Crippen molar-refractivity contribution in [2.75, 3.05) is 19.5 Å². The average Bonchev–Trinajstić information content (AvgIpc) is 2.54. The monoisotopic (exact) mass is 378 g/mol. The van der Waals surface area contributed by atoms with Crippen LogP contribution >= 0.6 is 15.9 Å². The van der Waals surface area contributed by atoms with Gasteiger partial charge in [-0.3, -0.25) is 0 Å². The Labute approximate surface area is 144 Å². The number of methoxy groups -OCH3 is 2. The van der Waals surface area contributed by atoms with Crippen molar-refractivity contribution in [3.63, 3.8) is 0 Å². The third kappa shape index (κ3) is 4.63. The van der Waals surface area contributed by atoms with E-state index >= 15 is 0 Å². The van der Waals surface area contributed by atoms with Crippen LogP contribution in [0.3, 0.4) is 0 Å². The first-order valence-electron chi connectivity index (χ1n) is 7.08. The van der Waals surface area contributed by atoms with Crippen LogP contribution in [0.25, 0.3) is 0 Å². The molecule has 2 rings (SSSR count). The summed E-state index contributed by atoms with van der Waals surface area (Å²) in [5.41, 5.74) is 1.64. The summed E-state index contributed by atoms with van der Waals surface area (Å²) in [6.45, 7) is 1.93. The van der Waals surface area contributed by atoms with E-state index in [-0.39, 0.29) is 12.1 Å². The number of amides is 2. The molecular weight excluding hydrogens is 360 g/mol. The lowest BCUT2D eigenvalue weighted by Crippen LogP contribution is -2.31. The van der Waals surface area contributed by atoms with E-state index in [0.717, 1.165) is 10.0 Å². The Bertz CT molecular complexity index is 691. The SMILES string of the molecule is COc1ccc(NC(=O)NC(C)c2cccc(Br)c2)cc1OC. The summed E-state index contributed by atoms with van der Waals surface area (Å²) in [5, 5.41) is 5.68. The number of carbonyl (C=O) groups is 1. The predicted octanol–water partition coefficient (Wildman–Crippen LogP) is 4.35. The van der Waals surface area contributed by atoms with Crippen molar-refractivity contribution in [1.29, 1.82) is 0 Å². The van der Waals surface area contributed by atoms with Gasteiger partial charge in [0.25, 0.3) is 0 Å². The molecule has 0 bridgehead atoms. The summed E-state index contributed by atoms with van der Waals surface area (Å²) in [6, 6.07) is 12.6. The van der Waals surface area contributed by atoms with E-state index in [1.807, 2.05) is 31.2 Å². The summed E-state index contributed by atoms with van der Waals surface area (Å²) in [4.78, 5) is 12.1. The molecule has 0 saturated carbocycles. The Morgan fingerprint density at radius 2 is 1.83 bits per heavy atom. The van der Waals surface area contributed by atoms with E-state index in [0.29, 0.717) is 17.2 Å². The number of carbonyl (C=O) groups excluding carboxylic acids is 1. The highest BCUT2D eigenvalue weighted by atomic mass is 79.9. The highest BCUT2D eigenvalue weighted by molar-refractivity contribution is 9.10. The van der Waals surface area contributed by atoms with Gasteiger partial charge in [-0.2, -0.15) is 0 Å². The van der Waals surface area contributed by atoms with Crippen LogP contribution in [-0.4, -0.2) is 20.3 Å². The maximum absolute atomic E-state index is 12.1. The maximum Gasteiger partial charge on any atom is 0.319 e. The minimum absolute atomic E-state index is 0.118. The fourth-order valence-corrected chi connectivity index (χ4v) is 2.55. The molecule has 1 atom stereocenters. The highest BCUT2D eigenvalue weighted by Gasteiger charge is 2.11. The number of halogens is 1. The average molecular weight is 379 g/mol. The summed E-state index contributed by atoms with van der Waals surface area (Å²) >= 11 is 3.43. The highest BCUT2D eigenvalue weighted by Crippen LogP contribution is 2.29. The van der Waals surface area contributed by atoms with Crippen LogP contribution in [0, 0.1) is 0 Å². The number of nitrogens with one attached hydrogen (secondary N) is 2. The summed E-state index contributed by atoms with van der Waals surface area (Å²) in [6.07, 6.45) is 0.